The molecule has 0 radical (unpaired) electrons. The first-order valence-corrected chi connectivity index (χ1v) is 17.7. The highest BCUT2D eigenvalue weighted by Crippen LogP contribution is 2.34. The molecule has 0 fully saturated rings. The van der Waals surface area contributed by atoms with Crippen LogP contribution in [0.25, 0.3) is 0 Å². The molecule has 0 spiro atoms. The number of rotatable bonds is 14. The summed E-state index contributed by atoms with van der Waals surface area (Å²) in [6, 6.07) is 30.3. The van der Waals surface area contributed by atoms with Crippen LogP contribution >= 0.6 is 23.2 Å². The average molecular weight is 674 g/mol. The number of benzene rings is 4. The molecular formula is C33H34Cl2N2O5S2. The molecule has 7 nitrogen and oxygen atoms in total. The van der Waals surface area contributed by atoms with E-state index < -0.39 is 35.8 Å². The molecule has 0 aliphatic rings. The summed E-state index contributed by atoms with van der Waals surface area (Å²) in [7, 11) is -8.70. The SMILES string of the molecule is Cc1ccc(S(=O)(=O)NC(Cl)(CCc2ccccc2)C(=O)C(Cl)(CCc2ccccc2)NS(=O)(=O)c2ccc(C)cc2)cc1. The van der Waals surface area contributed by atoms with E-state index in [1.165, 1.54) is 24.3 Å². The number of ketones is 1. The maximum absolute atomic E-state index is 14.5. The predicted octanol–water partition coefficient (Wildman–Crippen LogP) is 6.27. The zero-order chi connectivity index (χ0) is 32.0. The normalized spacial score (nSPS) is 14.8. The van der Waals surface area contributed by atoms with Crippen LogP contribution in [0.4, 0.5) is 0 Å². The molecular weight excluding hydrogens is 639 g/mol. The lowest BCUT2D eigenvalue weighted by Gasteiger charge is -2.35. The summed E-state index contributed by atoms with van der Waals surface area (Å²) in [6.07, 6.45) is -0.0329. The highest BCUT2D eigenvalue weighted by molar-refractivity contribution is 7.90. The van der Waals surface area contributed by atoms with Crippen molar-refractivity contribution in [3.05, 3.63) is 131 Å². The molecule has 2 atom stereocenters. The van der Waals surface area contributed by atoms with Crippen LogP contribution in [0.5, 0.6) is 0 Å². The van der Waals surface area contributed by atoms with Crippen LogP contribution in [0.1, 0.15) is 35.1 Å². The van der Waals surface area contributed by atoms with Gasteiger partial charge in [0, 0.05) is 0 Å². The van der Waals surface area contributed by atoms with Crippen molar-refractivity contribution in [1.82, 2.24) is 9.44 Å². The summed E-state index contributed by atoms with van der Waals surface area (Å²) >= 11 is 14.0. The molecule has 0 saturated carbocycles. The summed E-state index contributed by atoms with van der Waals surface area (Å²) in [6.45, 7) is 3.63. The molecule has 2 unspecified atom stereocenters. The summed E-state index contributed by atoms with van der Waals surface area (Å²) in [5.41, 5.74) is 3.27. The zero-order valence-electron chi connectivity index (χ0n) is 24.3. The second-order valence-electron chi connectivity index (χ2n) is 10.7. The Morgan fingerprint density at radius 3 is 1.20 bits per heavy atom. The van der Waals surface area contributed by atoms with E-state index in [9.17, 15) is 21.6 Å². The van der Waals surface area contributed by atoms with Gasteiger partial charge in [0.2, 0.25) is 25.8 Å². The molecule has 44 heavy (non-hydrogen) atoms. The van der Waals surface area contributed by atoms with Gasteiger partial charge < -0.3 is 0 Å². The fraction of sp³-hybridized carbons (Fsp3) is 0.242. The Labute approximate surface area is 269 Å². The fourth-order valence-electron chi connectivity index (χ4n) is 4.64. The first kappa shape index (κ1) is 33.8. The smallest absolute Gasteiger partial charge is 0.242 e. The summed E-state index contributed by atoms with van der Waals surface area (Å²) in [4.78, 5) is 9.67. The minimum Gasteiger partial charge on any atom is -0.293 e. The van der Waals surface area contributed by atoms with Crippen LogP contribution in [0.2, 0.25) is 0 Å². The molecule has 4 aromatic rings. The van der Waals surface area contributed by atoms with Crippen molar-refractivity contribution in [2.24, 2.45) is 0 Å². The largest absolute Gasteiger partial charge is 0.293 e. The Bertz CT molecular complexity index is 1650. The van der Waals surface area contributed by atoms with Gasteiger partial charge in [-0.25, -0.2) is 16.8 Å². The number of carbonyl (C=O) groups excluding carboxylic acids is 1. The Kier molecular flexibility index (Phi) is 10.7. The third-order valence-electron chi connectivity index (χ3n) is 7.18. The Morgan fingerprint density at radius 2 is 0.886 bits per heavy atom. The maximum atomic E-state index is 14.5. The maximum Gasteiger partial charge on any atom is 0.242 e. The standard InChI is InChI=1S/C33H34Cl2N2O5S2/c1-25-13-17-29(18-14-25)43(39,40)36-32(34,23-21-27-9-5-3-6-10-27)31(38)33(35,24-22-28-11-7-4-8-12-28)37-44(41,42)30-19-15-26(2)16-20-30/h3-20,36-37H,21-24H2,1-2H3. The van der Waals surface area contributed by atoms with Gasteiger partial charge in [0.15, 0.2) is 10.00 Å². The van der Waals surface area contributed by atoms with E-state index >= 15 is 0 Å². The van der Waals surface area contributed by atoms with Gasteiger partial charge in [-0.15, -0.1) is 0 Å². The van der Waals surface area contributed by atoms with Gasteiger partial charge >= 0.3 is 0 Å². The Morgan fingerprint density at radius 1 is 0.568 bits per heavy atom. The van der Waals surface area contributed by atoms with E-state index in [4.69, 9.17) is 23.2 Å². The number of nitrogens with one attached hydrogen (secondary N) is 2. The van der Waals surface area contributed by atoms with Crippen molar-refractivity contribution in [2.45, 2.75) is 59.3 Å². The van der Waals surface area contributed by atoms with Gasteiger partial charge in [-0.1, -0.05) is 119 Å². The molecule has 0 heterocycles. The van der Waals surface area contributed by atoms with Crippen LogP contribution in [-0.4, -0.2) is 32.6 Å². The molecule has 4 aromatic carbocycles. The fourth-order valence-corrected chi connectivity index (χ4v) is 8.27. The Hall–Kier alpha value is -3.05. The van der Waals surface area contributed by atoms with Crippen LogP contribution in [0.15, 0.2) is 119 Å². The topological polar surface area (TPSA) is 109 Å². The van der Waals surface area contributed by atoms with Crippen LogP contribution < -0.4 is 9.44 Å². The quantitative estimate of drug-likeness (QED) is 0.121. The molecule has 11 heteroatoms. The summed E-state index contributed by atoms with van der Waals surface area (Å²) in [5.74, 6) is -1.04. The lowest BCUT2D eigenvalue weighted by Crippen LogP contribution is -2.62. The van der Waals surface area contributed by atoms with E-state index in [-0.39, 0.29) is 35.5 Å². The molecule has 0 aromatic heterocycles. The van der Waals surface area contributed by atoms with Crippen LogP contribution in [-0.2, 0) is 37.7 Å². The number of sulfonamides is 2. The van der Waals surface area contributed by atoms with Crippen LogP contribution in [0.3, 0.4) is 0 Å². The van der Waals surface area contributed by atoms with Crippen molar-refractivity contribution < 1.29 is 21.6 Å². The third-order valence-corrected chi connectivity index (χ3v) is 11.3. The number of Topliss-reactive ketones (excluding diaryl/α,β-unsaturated/α-hetero) is 1. The van der Waals surface area contributed by atoms with Crippen molar-refractivity contribution in [3.8, 4) is 0 Å². The molecule has 4 rings (SSSR count). The lowest BCUT2D eigenvalue weighted by molar-refractivity contribution is -0.125. The minimum atomic E-state index is -4.35. The molecule has 0 aliphatic heterocycles. The third kappa shape index (κ3) is 8.56. The molecule has 2 N–H and O–H groups in total. The van der Waals surface area contributed by atoms with Gasteiger partial charge in [0.25, 0.3) is 0 Å². The molecule has 0 aliphatic carbocycles. The molecule has 232 valence electrons. The highest BCUT2D eigenvalue weighted by atomic mass is 35.5. The number of carbonyl (C=O) groups is 1. The van der Waals surface area contributed by atoms with Gasteiger partial charge in [-0.3, -0.25) is 4.79 Å². The van der Waals surface area contributed by atoms with E-state index in [1.54, 1.807) is 24.3 Å². The van der Waals surface area contributed by atoms with Gasteiger partial charge in [0.1, 0.15) is 0 Å². The van der Waals surface area contributed by atoms with Crippen LogP contribution in [0, 0.1) is 13.8 Å². The number of halogens is 2. The molecule has 0 bridgehead atoms. The number of aryl methyl sites for hydroxylation is 4. The van der Waals surface area contributed by atoms with Crippen molar-refractivity contribution in [3.63, 3.8) is 0 Å². The number of hydrogen-bond donors (Lipinski definition) is 2. The lowest BCUT2D eigenvalue weighted by atomic mass is 9.94. The minimum absolute atomic E-state index is 0.106. The molecule has 0 saturated heterocycles. The highest BCUT2D eigenvalue weighted by Gasteiger charge is 2.52. The van der Waals surface area contributed by atoms with E-state index in [2.05, 4.69) is 9.44 Å². The second kappa shape index (κ2) is 13.9. The van der Waals surface area contributed by atoms with Crippen molar-refractivity contribution in [2.75, 3.05) is 0 Å². The summed E-state index contributed by atoms with van der Waals surface area (Å²) in [5, 5.41) is 0. The van der Waals surface area contributed by atoms with E-state index in [0.29, 0.717) is 0 Å². The zero-order valence-corrected chi connectivity index (χ0v) is 27.5. The first-order valence-electron chi connectivity index (χ1n) is 13.9. The summed E-state index contributed by atoms with van der Waals surface area (Å²) < 4.78 is 59.1. The average Bonchev–Trinajstić information content (AvgIpc) is 3.00. The van der Waals surface area contributed by atoms with Gasteiger partial charge in [0.05, 0.1) is 9.79 Å². The monoisotopic (exact) mass is 672 g/mol. The number of alkyl halides is 2. The van der Waals surface area contributed by atoms with E-state index in [1.807, 2.05) is 74.5 Å². The molecule has 0 amide bonds. The second-order valence-corrected chi connectivity index (χ2v) is 15.4. The Balaban J connectivity index is 1.76. The van der Waals surface area contributed by atoms with Crippen molar-refractivity contribution in [1.29, 1.82) is 0 Å². The van der Waals surface area contributed by atoms with Gasteiger partial charge in [-0.2, -0.15) is 9.44 Å². The van der Waals surface area contributed by atoms with Gasteiger partial charge in [-0.05, 0) is 74.9 Å². The van der Waals surface area contributed by atoms with Crippen molar-refractivity contribution >= 4 is 49.0 Å². The first-order chi connectivity index (χ1) is 20.7. The predicted molar refractivity (Wildman–Crippen MR) is 175 cm³/mol. The van der Waals surface area contributed by atoms with E-state index in [0.717, 1.165) is 22.3 Å². The number of hydrogen-bond acceptors (Lipinski definition) is 5.